The van der Waals surface area contributed by atoms with E-state index in [1.807, 2.05) is 0 Å². The molecule has 0 aliphatic heterocycles. The maximum Gasteiger partial charge on any atom is 0.154 e. The maximum absolute atomic E-state index is 5.85. The Morgan fingerprint density at radius 1 is 1.14 bits per heavy atom. The number of rotatable bonds is 3. The zero-order valence-electron chi connectivity index (χ0n) is 8.93. The molecule has 0 aromatic heterocycles. The lowest BCUT2D eigenvalue weighted by Gasteiger charge is -2.26. The van der Waals surface area contributed by atoms with Crippen LogP contribution < -0.4 is 12.4 Å². The highest BCUT2D eigenvalue weighted by atomic mass is 35.5. The Balaban J connectivity index is 0.00000169. The molecule has 1 aromatic carbocycles. The van der Waals surface area contributed by atoms with Crippen LogP contribution in [0, 0.1) is 6.92 Å². The summed E-state index contributed by atoms with van der Waals surface area (Å²) in [5, 5.41) is 0. The van der Waals surface area contributed by atoms with E-state index in [2.05, 4.69) is 45.3 Å². The third kappa shape index (κ3) is 4.32. The highest BCUT2D eigenvalue weighted by Gasteiger charge is 2.13. The summed E-state index contributed by atoms with van der Waals surface area (Å²) in [6.07, 6.45) is 0. The molecule has 0 atom stereocenters. The largest absolute Gasteiger partial charge is 1.00 e. The molecule has 1 nitrogen and oxygen atoms in total. The Labute approximate surface area is 97.7 Å². The van der Waals surface area contributed by atoms with Crippen molar-refractivity contribution in [3.8, 4) is 0 Å². The minimum atomic E-state index is 0. The number of aryl methyl sites for hydroxylation is 1. The molecule has 1 rings (SSSR count). The SMILES string of the molecule is Cc1ccc(C[N+](C)(C)CCl)cc1.[Cl-]. The number of halogens is 2. The summed E-state index contributed by atoms with van der Waals surface area (Å²) in [4.78, 5) is 0. The number of quaternary nitrogens is 1. The quantitative estimate of drug-likeness (QED) is 0.385. The Morgan fingerprint density at radius 2 is 1.64 bits per heavy atom. The Hall–Kier alpha value is -0.240. The molecule has 0 spiro atoms. The molecule has 80 valence electrons. The second kappa shape index (κ2) is 5.59. The molecule has 0 saturated heterocycles. The lowest BCUT2D eigenvalue weighted by molar-refractivity contribution is -0.892. The minimum absolute atomic E-state index is 0. The van der Waals surface area contributed by atoms with Gasteiger partial charge in [0.2, 0.25) is 0 Å². The van der Waals surface area contributed by atoms with Crippen LogP contribution >= 0.6 is 11.6 Å². The first kappa shape index (κ1) is 13.8. The van der Waals surface area contributed by atoms with Crippen molar-refractivity contribution in [1.82, 2.24) is 0 Å². The average Bonchev–Trinajstić information content (AvgIpc) is 2.09. The Morgan fingerprint density at radius 3 is 2.07 bits per heavy atom. The molecular formula is C11H17Cl2N. The molecule has 1 aromatic rings. The van der Waals surface area contributed by atoms with Crippen LogP contribution in [0.5, 0.6) is 0 Å². The molecule has 3 heteroatoms. The van der Waals surface area contributed by atoms with Crippen molar-refractivity contribution in [2.24, 2.45) is 0 Å². The summed E-state index contributed by atoms with van der Waals surface area (Å²) < 4.78 is 0.824. The van der Waals surface area contributed by atoms with Gasteiger partial charge in [0.05, 0.1) is 14.1 Å². The molecule has 0 saturated carbocycles. The van der Waals surface area contributed by atoms with Crippen LogP contribution in [0.4, 0.5) is 0 Å². The van der Waals surface area contributed by atoms with Crippen LogP contribution in [0.15, 0.2) is 24.3 Å². The Bertz CT molecular complexity index is 267. The van der Waals surface area contributed by atoms with E-state index in [1.54, 1.807) is 0 Å². The van der Waals surface area contributed by atoms with Gasteiger partial charge in [-0.3, -0.25) is 0 Å². The molecular weight excluding hydrogens is 217 g/mol. The van der Waals surface area contributed by atoms with Gasteiger partial charge in [0.25, 0.3) is 0 Å². The van der Waals surface area contributed by atoms with E-state index in [4.69, 9.17) is 11.6 Å². The molecule has 0 radical (unpaired) electrons. The molecule has 14 heavy (non-hydrogen) atoms. The van der Waals surface area contributed by atoms with Crippen molar-refractivity contribution < 1.29 is 16.9 Å². The maximum atomic E-state index is 5.85. The van der Waals surface area contributed by atoms with E-state index in [1.165, 1.54) is 11.1 Å². The third-order valence-corrected chi connectivity index (χ3v) is 2.70. The van der Waals surface area contributed by atoms with Crippen LogP contribution in [-0.4, -0.2) is 24.6 Å². The zero-order chi connectivity index (χ0) is 9.90. The fraction of sp³-hybridized carbons (Fsp3) is 0.455. The minimum Gasteiger partial charge on any atom is -1.00 e. The van der Waals surface area contributed by atoms with Gasteiger partial charge in [0.1, 0.15) is 6.54 Å². The second-order valence-electron chi connectivity index (χ2n) is 4.20. The molecule has 0 aliphatic rings. The summed E-state index contributed by atoms with van der Waals surface area (Å²) in [5.74, 6) is 0. The van der Waals surface area contributed by atoms with Gasteiger partial charge < -0.3 is 16.9 Å². The van der Waals surface area contributed by atoms with Crippen molar-refractivity contribution >= 4 is 11.6 Å². The smallest absolute Gasteiger partial charge is 0.154 e. The number of hydrogen-bond acceptors (Lipinski definition) is 0. The van der Waals surface area contributed by atoms with Crippen LogP contribution in [0.25, 0.3) is 0 Å². The predicted octanol–water partition coefficient (Wildman–Crippen LogP) is -0.228. The normalized spacial score (nSPS) is 10.9. The highest BCUT2D eigenvalue weighted by Crippen LogP contribution is 2.10. The fourth-order valence-electron chi connectivity index (χ4n) is 1.23. The zero-order valence-corrected chi connectivity index (χ0v) is 10.4. The summed E-state index contributed by atoms with van der Waals surface area (Å²) in [6.45, 7) is 3.09. The van der Waals surface area contributed by atoms with Gasteiger partial charge in [-0.05, 0) is 6.92 Å². The van der Waals surface area contributed by atoms with Crippen molar-refractivity contribution in [3.63, 3.8) is 0 Å². The summed E-state index contributed by atoms with van der Waals surface area (Å²) in [6, 6.07) is 9.27. The first-order chi connectivity index (χ1) is 6.03. The van der Waals surface area contributed by atoms with Crippen LogP contribution in [0.3, 0.4) is 0 Å². The molecule has 0 aliphatic carbocycles. The number of alkyl halides is 1. The lowest BCUT2D eigenvalue weighted by Crippen LogP contribution is -3.00. The summed E-state index contributed by atoms with van der Waals surface area (Å²) in [7, 11) is 4.26. The molecule has 0 fully saturated rings. The molecule has 0 bridgehead atoms. The van der Waals surface area contributed by atoms with E-state index in [0.29, 0.717) is 6.00 Å². The number of hydrogen-bond donors (Lipinski definition) is 0. The van der Waals surface area contributed by atoms with Gasteiger partial charge in [0.15, 0.2) is 6.00 Å². The number of benzene rings is 1. The highest BCUT2D eigenvalue weighted by molar-refractivity contribution is 6.16. The second-order valence-corrected chi connectivity index (χ2v) is 4.44. The first-order valence-corrected chi connectivity index (χ1v) is 5.00. The van der Waals surface area contributed by atoms with Gasteiger partial charge in [0, 0.05) is 5.56 Å². The summed E-state index contributed by atoms with van der Waals surface area (Å²) >= 11 is 5.85. The van der Waals surface area contributed by atoms with Crippen molar-refractivity contribution in [2.45, 2.75) is 13.5 Å². The van der Waals surface area contributed by atoms with E-state index >= 15 is 0 Å². The monoisotopic (exact) mass is 233 g/mol. The van der Waals surface area contributed by atoms with E-state index in [9.17, 15) is 0 Å². The number of nitrogens with zero attached hydrogens (tertiary/aromatic N) is 1. The average molecular weight is 234 g/mol. The van der Waals surface area contributed by atoms with Crippen LogP contribution in [0.1, 0.15) is 11.1 Å². The Kier molecular flexibility index (Phi) is 5.50. The standard InChI is InChI=1S/C11H17ClN.ClH/c1-10-4-6-11(7-5-10)8-13(2,3)9-12;/h4-7H,8-9H2,1-3H3;1H/q+1;/p-1. The topological polar surface area (TPSA) is 0 Å². The van der Waals surface area contributed by atoms with Crippen molar-refractivity contribution in [1.29, 1.82) is 0 Å². The van der Waals surface area contributed by atoms with Crippen LogP contribution in [-0.2, 0) is 6.54 Å². The van der Waals surface area contributed by atoms with Gasteiger partial charge in [-0.15, -0.1) is 0 Å². The van der Waals surface area contributed by atoms with Gasteiger partial charge >= 0.3 is 0 Å². The van der Waals surface area contributed by atoms with Gasteiger partial charge in [-0.25, -0.2) is 0 Å². The van der Waals surface area contributed by atoms with Crippen molar-refractivity contribution in [3.05, 3.63) is 35.4 Å². The summed E-state index contributed by atoms with van der Waals surface area (Å²) in [5.41, 5.74) is 2.65. The van der Waals surface area contributed by atoms with E-state index < -0.39 is 0 Å². The first-order valence-electron chi connectivity index (χ1n) is 4.47. The molecule has 0 N–H and O–H groups in total. The fourth-order valence-corrected chi connectivity index (χ4v) is 1.31. The van der Waals surface area contributed by atoms with Gasteiger partial charge in [-0.2, -0.15) is 0 Å². The van der Waals surface area contributed by atoms with Gasteiger partial charge in [-0.1, -0.05) is 41.4 Å². The van der Waals surface area contributed by atoms with E-state index in [-0.39, 0.29) is 12.4 Å². The molecule has 0 amide bonds. The predicted molar refractivity (Wildman–Crippen MR) is 57.7 cm³/mol. The van der Waals surface area contributed by atoms with Crippen LogP contribution in [0.2, 0.25) is 0 Å². The lowest BCUT2D eigenvalue weighted by atomic mass is 10.1. The van der Waals surface area contributed by atoms with Crippen molar-refractivity contribution in [2.75, 3.05) is 20.1 Å². The molecule has 0 heterocycles. The van der Waals surface area contributed by atoms with E-state index in [0.717, 1.165) is 11.0 Å². The molecule has 0 unspecified atom stereocenters. The third-order valence-electron chi connectivity index (χ3n) is 2.05.